The topological polar surface area (TPSA) is 95.9 Å². The molecule has 1 aliphatic carbocycles. The molecule has 0 saturated heterocycles. The van der Waals surface area contributed by atoms with E-state index in [1.54, 1.807) is 25.1 Å². The lowest BCUT2D eigenvalue weighted by atomic mass is 9.96. The van der Waals surface area contributed by atoms with E-state index >= 15 is 0 Å². The Bertz CT molecular complexity index is 1140. The van der Waals surface area contributed by atoms with Crippen molar-refractivity contribution in [2.75, 3.05) is 13.2 Å². The summed E-state index contributed by atoms with van der Waals surface area (Å²) < 4.78 is 5.46. The number of aliphatic hydroxyl groups is 2. The molecule has 4 rings (SSSR count). The lowest BCUT2D eigenvalue weighted by Gasteiger charge is -2.21. The predicted molar refractivity (Wildman–Crippen MR) is 125 cm³/mol. The first-order chi connectivity index (χ1) is 15.9. The van der Waals surface area contributed by atoms with Gasteiger partial charge in [-0.3, -0.25) is 4.79 Å². The molecule has 0 aliphatic heterocycles. The van der Waals surface area contributed by atoms with Crippen LogP contribution in [0.2, 0.25) is 0 Å². The van der Waals surface area contributed by atoms with Crippen LogP contribution in [0, 0.1) is 6.92 Å². The number of Topliss-reactive ketones (excluding diaryl/α,β-unsaturated/α-hetero) is 1. The zero-order chi connectivity index (χ0) is 23.5. The number of alkyl carbamates (subject to hydrolysis) is 1. The number of ether oxygens (including phenoxy) is 1. The smallest absolute Gasteiger partial charge is 0.407 e. The van der Waals surface area contributed by atoms with Gasteiger partial charge in [0.1, 0.15) is 18.8 Å². The van der Waals surface area contributed by atoms with E-state index in [0.29, 0.717) is 11.1 Å². The van der Waals surface area contributed by atoms with Crippen molar-refractivity contribution in [1.82, 2.24) is 5.32 Å². The van der Waals surface area contributed by atoms with Gasteiger partial charge in [-0.05, 0) is 53.3 Å². The molecule has 2 atom stereocenters. The number of hydrogen-bond acceptors (Lipinski definition) is 5. The van der Waals surface area contributed by atoms with Gasteiger partial charge in [-0.1, -0.05) is 60.7 Å². The number of benzene rings is 3. The molecule has 170 valence electrons. The lowest BCUT2D eigenvalue weighted by molar-refractivity contribution is 0.0181. The molecular weight excluding hydrogens is 418 g/mol. The predicted octanol–water partition coefficient (Wildman–Crippen LogP) is 4.13. The zero-order valence-electron chi connectivity index (χ0n) is 18.6. The van der Waals surface area contributed by atoms with Gasteiger partial charge in [0.25, 0.3) is 0 Å². The van der Waals surface area contributed by atoms with E-state index in [2.05, 4.69) is 17.4 Å². The maximum atomic E-state index is 12.3. The summed E-state index contributed by atoms with van der Waals surface area (Å²) in [6, 6.07) is 21.1. The van der Waals surface area contributed by atoms with Gasteiger partial charge >= 0.3 is 6.09 Å². The van der Waals surface area contributed by atoms with Crippen molar-refractivity contribution >= 4 is 11.9 Å². The van der Waals surface area contributed by atoms with Gasteiger partial charge in [-0.2, -0.15) is 0 Å². The monoisotopic (exact) mass is 445 g/mol. The first-order valence-corrected chi connectivity index (χ1v) is 10.9. The number of aryl methyl sites for hydroxylation is 1. The average Bonchev–Trinajstić information content (AvgIpc) is 3.14. The van der Waals surface area contributed by atoms with E-state index in [-0.39, 0.29) is 24.9 Å². The minimum atomic E-state index is -1.26. The molecule has 1 amide bonds. The van der Waals surface area contributed by atoms with E-state index in [1.807, 2.05) is 36.4 Å². The Morgan fingerprint density at radius 3 is 2.18 bits per heavy atom. The third-order valence-electron chi connectivity index (χ3n) is 6.17. The summed E-state index contributed by atoms with van der Waals surface area (Å²) in [5.74, 6) is -0.190. The van der Waals surface area contributed by atoms with Crippen LogP contribution in [0.25, 0.3) is 11.1 Å². The van der Waals surface area contributed by atoms with E-state index in [9.17, 15) is 19.8 Å². The maximum Gasteiger partial charge on any atom is 0.407 e. The Kier molecular flexibility index (Phi) is 6.58. The zero-order valence-corrected chi connectivity index (χ0v) is 18.6. The Morgan fingerprint density at radius 2 is 1.58 bits per heavy atom. The second kappa shape index (κ2) is 9.57. The van der Waals surface area contributed by atoms with Crippen molar-refractivity contribution in [2.24, 2.45) is 0 Å². The molecule has 3 aromatic carbocycles. The van der Waals surface area contributed by atoms with Crippen molar-refractivity contribution in [3.8, 4) is 11.1 Å². The van der Waals surface area contributed by atoms with Crippen LogP contribution in [-0.2, 0) is 4.74 Å². The van der Waals surface area contributed by atoms with Gasteiger partial charge in [-0.15, -0.1) is 0 Å². The number of fused-ring (bicyclic) bond motifs is 3. The molecule has 2 unspecified atom stereocenters. The van der Waals surface area contributed by atoms with Crippen LogP contribution < -0.4 is 5.32 Å². The normalized spacial score (nSPS) is 14.2. The summed E-state index contributed by atoms with van der Waals surface area (Å²) in [6.45, 7) is 3.20. The number of nitrogens with one attached hydrogen (secondary N) is 1. The molecule has 33 heavy (non-hydrogen) atoms. The molecule has 0 saturated carbocycles. The van der Waals surface area contributed by atoms with Gasteiger partial charge in [0.15, 0.2) is 5.78 Å². The third kappa shape index (κ3) is 4.67. The molecule has 0 fully saturated rings. The minimum absolute atomic E-state index is 0.0596. The van der Waals surface area contributed by atoms with Gasteiger partial charge < -0.3 is 20.3 Å². The molecule has 0 spiro atoms. The van der Waals surface area contributed by atoms with Crippen LogP contribution in [0.15, 0.2) is 66.7 Å². The number of carbonyl (C=O) groups is 2. The Balaban J connectivity index is 1.36. The lowest BCUT2D eigenvalue weighted by Crippen LogP contribution is -2.36. The second-order valence-electron chi connectivity index (χ2n) is 8.35. The molecule has 0 heterocycles. The van der Waals surface area contributed by atoms with Gasteiger partial charge in [0.05, 0.1) is 0 Å². The van der Waals surface area contributed by atoms with E-state index in [0.717, 1.165) is 27.8 Å². The summed E-state index contributed by atoms with van der Waals surface area (Å²) in [4.78, 5) is 24.0. The summed E-state index contributed by atoms with van der Waals surface area (Å²) in [7, 11) is 0. The molecule has 0 aromatic heterocycles. The van der Waals surface area contributed by atoms with Crippen LogP contribution in [0.5, 0.6) is 0 Å². The van der Waals surface area contributed by atoms with Crippen LogP contribution in [-0.4, -0.2) is 41.3 Å². The van der Waals surface area contributed by atoms with E-state index in [1.165, 1.54) is 6.92 Å². The number of ketones is 1. The third-order valence-corrected chi connectivity index (χ3v) is 6.17. The van der Waals surface area contributed by atoms with Crippen molar-refractivity contribution in [3.63, 3.8) is 0 Å². The first-order valence-electron chi connectivity index (χ1n) is 10.9. The van der Waals surface area contributed by atoms with Gasteiger partial charge in [0, 0.05) is 18.0 Å². The fraction of sp³-hybridized carbons (Fsp3) is 0.259. The summed E-state index contributed by atoms with van der Waals surface area (Å²) >= 11 is 0. The highest BCUT2D eigenvalue weighted by atomic mass is 16.5. The highest BCUT2D eigenvalue weighted by Crippen LogP contribution is 2.44. The van der Waals surface area contributed by atoms with Crippen LogP contribution in [0.4, 0.5) is 4.79 Å². The molecule has 6 heteroatoms. The largest absolute Gasteiger partial charge is 0.449 e. The van der Waals surface area contributed by atoms with Crippen molar-refractivity contribution < 1.29 is 24.5 Å². The minimum Gasteiger partial charge on any atom is -0.449 e. The molecule has 0 radical (unpaired) electrons. The highest BCUT2D eigenvalue weighted by Gasteiger charge is 2.29. The number of hydrogen-bond donors (Lipinski definition) is 3. The molecular formula is C27H27NO5. The highest BCUT2D eigenvalue weighted by molar-refractivity contribution is 5.94. The fourth-order valence-electron chi connectivity index (χ4n) is 4.33. The second-order valence-corrected chi connectivity index (χ2v) is 8.35. The van der Waals surface area contributed by atoms with Crippen molar-refractivity contribution in [3.05, 3.63) is 94.5 Å². The standard InChI is InChI=1S/C27H27NO5/c1-16-11-12-18(17(2)29)13-23(16)26(31)25(30)14-28-27(32)33-15-24-21-9-5-3-7-19(21)20-8-4-6-10-22(20)24/h3-13,24-26,30-31H,14-15H2,1-2H3,(H,28,32). The van der Waals surface area contributed by atoms with Gasteiger partial charge in [0.2, 0.25) is 0 Å². The van der Waals surface area contributed by atoms with E-state index < -0.39 is 18.3 Å². The van der Waals surface area contributed by atoms with Crippen molar-refractivity contribution in [1.29, 1.82) is 0 Å². The average molecular weight is 446 g/mol. The summed E-state index contributed by atoms with van der Waals surface area (Å²) in [6.07, 6.45) is -3.18. The molecule has 3 aromatic rings. The SMILES string of the molecule is CC(=O)c1ccc(C)c(C(O)C(O)CNC(=O)OCC2c3ccccc3-c3ccccc32)c1. The first kappa shape index (κ1) is 22.7. The molecule has 6 nitrogen and oxygen atoms in total. The number of amides is 1. The number of aliphatic hydroxyl groups excluding tert-OH is 2. The Labute approximate surface area is 192 Å². The number of rotatable bonds is 7. The number of carbonyl (C=O) groups excluding carboxylic acids is 2. The fourth-order valence-corrected chi connectivity index (χ4v) is 4.33. The van der Waals surface area contributed by atoms with Gasteiger partial charge in [-0.25, -0.2) is 4.79 Å². The maximum absolute atomic E-state index is 12.3. The van der Waals surface area contributed by atoms with Crippen molar-refractivity contribution in [2.45, 2.75) is 32.0 Å². The Morgan fingerprint density at radius 1 is 0.970 bits per heavy atom. The summed E-state index contributed by atoms with van der Waals surface area (Å²) in [5, 5.41) is 23.5. The quantitative estimate of drug-likeness (QED) is 0.475. The molecule has 0 bridgehead atoms. The van der Waals surface area contributed by atoms with Crippen LogP contribution >= 0.6 is 0 Å². The summed E-state index contributed by atoms with van der Waals surface area (Å²) in [5.41, 5.74) is 6.15. The van der Waals surface area contributed by atoms with Crippen LogP contribution in [0.3, 0.4) is 0 Å². The molecule has 3 N–H and O–H groups in total. The Hall–Kier alpha value is -3.48. The van der Waals surface area contributed by atoms with E-state index in [4.69, 9.17) is 4.74 Å². The molecule has 1 aliphatic rings. The van der Waals surface area contributed by atoms with Crippen LogP contribution in [0.1, 0.15) is 51.6 Å².